The van der Waals surface area contributed by atoms with E-state index in [2.05, 4.69) is 22.2 Å². The van der Waals surface area contributed by atoms with E-state index in [9.17, 15) is 4.79 Å². The first-order valence-corrected chi connectivity index (χ1v) is 7.21. The molecule has 6 heteroatoms. The Morgan fingerprint density at radius 1 is 1.37 bits per heavy atom. The summed E-state index contributed by atoms with van der Waals surface area (Å²) in [6, 6.07) is 1.92. The maximum absolute atomic E-state index is 11.7. The molecule has 0 amide bonds. The summed E-state index contributed by atoms with van der Waals surface area (Å²) in [6.45, 7) is 7.27. The van der Waals surface area contributed by atoms with Crippen LogP contribution in [0, 0.1) is 13.8 Å². The molecule has 0 radical (unpaired) electrons. The topological polar surface area (TPSA) is 59.8 Å². The third-order valence-electron chi connectivity index (χ3n) is 2.73. The Hall–Kier alpha value is -1.69. The van der Waals surface area contributed by atoms with Gasteiger partial charge < -0.3 is 5.32 Å². The van der Waals surface area contributed by atoms with Gasteiger partial charge in [0.15, 0.2) is 5.82 Å². The van der Waals surface area contributed by atoms with E-state index in [4.69, 9.17) is 0 Å². The van der Waals surface area contributed by atoms with Crippen LogP contribution in [0.1, 0.15) is 30.6 Å². The first-order chi connectivity index (χ1) is 9.10. The molecular weight excluding hydrogens is 260 g/mol. The Balaban J connectivity index is 2.25. The van der Waals surface area contributed by atoms with Crippen LogP contribution in [0.3, 0.4) is 0 Å². The highest BCUT2D eigenvalue weighted by atomic mass is 32.1. The second-order valence-electron chi connectivity index (χ2n) is 4.47. The van der Waals surface area contributed by atoms with Gasteiger partial charge in [0.25, 0.3) is 0 Å². The summed E-state index contributed by atoms with van der Waals surface area (Å²) in [4.78, 5) is 20.6. The number of rotatable bonds is 5. The van der Waals surface area contributed by atoms with Crippen LogP contribution in [0.25, 0.3) is 0 Å². The number of hydrogen-bond donors (Lipinski definition) is 1. The van der Waals surface area contributed by atoms with Gasteiger partial charge in [-0.05, 0) is 20.3 Å². The van der Waals surface area contributed by atoms with Crippen LogP contribution in [0.5, 0.6) is 0 Å². The molecule has 0 fully saturated rings. The van der Waals surface area contributed by atoms with E-state index >= 15 is 0 Å². The van der Waals surface area contributed by atoms with Gasteiger partial charge >= 0.3 is 4.87 Å². The smallest absolute Gasteiger partial charge is 0.307 e. The van der Waals surface area contributed by atoms with E-state index in [1.54, 1.807) is 4.57 Å². The zero-order valence-corrected chi connectivity index (χ0v) is 12.3. The number of hydrogen-bond acceptors (Lipinski definition) is 5. The zero-order chi connectivity index (χ0) is 13.8. The zero-order valence-electron chi connectivity index (χ0n) is 11.4. The normalized spacial score (nSPS) is 10.7. The summed E-state index contributed by atoms with van der Waals surface area (Å²) in [6.07, 6.45) is 1.04. The van der Waals surface area contributed by atoms with Crippen molar-refractivity contribution in [3.63, 3.8) is 0 Å². The second-order valence-corrected chi connectivity index (χ2v) is 5.29. The molecule has 5 nitrogen and oxygen atoms in total. The van der Waals surface area contributed by atoms with E-state index in [-0.39, 0.29) is 4.87 Å². The van der Waals surface area contributed by atoms with E-state index in [0.717, 1.165) is 30.2 Å². The maximum Gasteiger partial charge on any atom is 0.307 e. The van der Waals surface area contributed by atoms with E-state index < -0.39 is 0 Å². The quantitative estimate of drug-likeness (QED) is 0.910. The summed E-state index contributed by atoms with van der Waals surface area (Å²) in [7, 11) is 0. The maximum atomic E-state index is 11.7. The van der Waals surface area contributed by atoms with Gasteiger partial charge in [0.05, 0.1) is 6.54 Å². The molecule has 0 unspecified atom stereocenters. The van der Waals surface area contributed by atoms with E-state index in [0.29, 0.717) is 12.4 Å². The Kier molecular flexibility index (Phi) is 4.31. The first kappa shape index (κ1) is 13.7. The standard InChI is InChI=1S/C13H18N4OS/c1-4-5-14-11-6-9(2)15-12(16-11)7-17-10(3)8-19-13(17)18/h6,8H,4-5,7H2,1-3H3,(H,14,15,16). The third kappa shape index (κ3) is 3.41. The molecule has 0 bridgehead atoms. The highest BCUT2D eigenvalue weighted by Gasteiger charge is 2.07. The fourth-order valence-electron chi connectivity index (χ4n) is 1.78. The molecule has 2 rings (SSSR count). The Morgan fingerprint density at radius 2 is 2.16 bits per heavy atom. The lowest BCUT2D eigenvalue weighted by atomic mass is 10.4. The van der Waals surface area contributed by atoms with Gasteiger partial charge in [0.1, 0.15) is 5.82 Å². The summed E-state index contributed by atoms with van der Waals surface area (Å²) in [5, 5.41) is 5.10. The van der Waals surface area contributed by atoms with Crippen LogP contribution in [0.2, 0.25) is 0 Å². The lowest BCUT2D eigenvalue weighted by molar-refractivity contribution is 0.707. The first-order valence-electron chi connectivity index (χ1n) is 6.33. The Bertz CT molecular complexity index is 617. The van der Waals surface area contributed by atoms with Crippen molar-refractivity contribution in [2.75, 3.05) is 11.9 Å². The van der Waals surface area contributed by atoms with Crippen LogP contribution in [0.4, 0.5) is 5.82 Å². The van der Waals surface area contributed by atoms with E-state index in [1.165, 1.54) is 11.3 Å². The van der Waals surface area contributed by atoms with Crippen LogP contribution < -0.4 is 10.2 Å². The molecule has 0 saturated heterocycles. The average molecular weight is 278 g/mol. The minimum atomic E-state index is 0.0330. The van der Waals surface area contributed by atoms with Gasteiger partial charge in [-0.3, -0.25) is 9.36 Å². The van der Waals surface area contributed by atoms with Crippen molar-refractivity contribution in [2.24, 2.45) is 0 Å². The van der Waals surface area contributed by atoms with Gasteiger partial charge in [0.2, 0.25) is 0 Å². The highest BCUT2D eigenvalue weighted by molar-refractivity contribution is 7.07. The molecule has 0 spiro atoms. The summed E-state index contributed by atoms with van der Waals surface area (Å²) < 4.78 is 1.70. The number of nitrogens with zero attached hydrogens (tertiary/aromatic N) is 3. The van der Waals surface area contributed by atoms with Gasteiger partial charge in [-0.1, -0.05) is 18.3 Å². The SMILES string of the molecule is CCCNc1cc(C)nc(Cn2c(C)csc2=O)n1. The molecule has 0 aliphatic heterocycles. The predicted molar refractivity (Wildman–Crippen MR) is 78.0 cm³/mol. The van der Waals surface area contributed by atoms with Gasteiger partial charge in [-0.2, -0.15) is 0 Å². The Morgan fingerprint density at radius 3 is 2.79 bits per heavy atom. The van der Waals surface area contributed by atoms with Crippen molar-refractivity contribution >= 4 is 17.2 Å². The van der Waals surface area contributed by atoms with Crippen LogP contribution in [0.15, 0.2) is 16.2 Å². The second kappa shape index (κ2) is 5.97. The highest BCUT2D eigenvalue weighted by Crippen LogP contribution is 2.08. The molecular formula is C13H18N4OS. The molecule has 0 aromatic carbocycles. The van der Waals surface area contributed by atoms with Gasteiger partial charge in [-0.15, -0.1) is 0 Å². The predicted octanol–water partition coefficient (Wildman–Crippen LogP) is 2.19. The van der Waals surface area contributed by atoms with Crippen molar-refractivity contribution in [2.45, 2.75) is 33.7 Å². The molecule has 19 heavy (non-hydrogen) atoms. The van der Waals surface area contributed by atoms with Crippen molar-refractivity contribution < 1.29 is 0 Å². The monoisotopic (exact) mass is 278 g/mol. The van der Waals surface area contributed by atoms with Gasteiger partial charge in [-0.25, -0.2) is 9.97 Å². The van der Waals surface area contributed by atoms with Crippen molar-refractivity contribution in [1.82, 2.24) is 14.5 Å². The summed E-state index contributed by atoms with van der Waals surface area (Å²) >= 11 is 1.21. The Labute approximate surface area is 116 Å². The lowest BCUT2D eigenvalue weighted by Crippen LogP contribution is -2.18. The van der Waals surface area contributed by atoms with Crippen LogP contribution in [-0.4, -0.2) is 21.1 Å². The molecule has 2 aromatic heterocycles. The minimum Gasteiger partial charge on any atom is -0.370 e. The molecule has 0 aliphatic rings. The molecule has 102 valence electrons. The number of nitrogens with one attached hydrogen (secondary N) is 1. The number of aromatic nitrogens is 3. The number of aryl methyl sites for hydroxylation is 2. The largest absolute Gasteiger partial charge is 0.370 e. The molecule has 0 atom stereocenters. The molecule has 2 aromatic rings. The summed E-state index contributed by atoms with van der Waals surface area (Å²) in [5.41, 5.74) is 1.85. The van der Waals surface area contributed by atoms with Crippen molar-refractivity contribution in [1.29, 1.82) is 0 Å². The number of anilines is 1. The third-order valence-corrected chi connectivity index (χ3v) is 3.61. The van der Waals surface area contributed by atoms with Gasteiger partial charge in [0, 0.05) is 29.4 Å². The fourth-order valence-corrected chi connectivity index (χ4v) is 2.52. The van der Waals surface area contributed by atoms with Crippen LogP contribution in [-0.2, 0) is 6.54 Å². The fraction of sp³-hybridized carbons (Fsp3) is 0.462. The lowest BCUT2D eigenvalue weighted by Gasteiger charge is -2.08. The minimum absolute atomic E-state index is 0.0330. The number of thiazole rings is 1. The van der Waals surface area contributed by atoms with E-state index in [1.807, 2.05) is 25.3 Å². The molecule has 1 N–H and O–H groups in total. The molecule has 2 heterocycles. The molecule has 0 aliphatic carbocycles. The summed E-state index contributed by atoms with van der Waals surface area (Å²) in [5.74, 6) is 1.49. The van der Waals surface area contributed by atoms with Crippen molar-refractivity contribution in [3.8, 4) is 0 Å². The molecule has 0 saturated carbocycles. The van der Waals surface area contributed by atoms with Crippen molar-refractivity contribution in [3.05, 3.63) is 38.3 Å². The van der Waals surface area contributed by atoms with Crippen LogP contribution >= 0.6 is 11.3 Å². The average Bonchev–Trinajstić information content (AvgIpc) is 2.67.